The minimum absolute atomic E-state index is 0. The van der Waals surface area contributed by atoms with Crippen molar-refractivity contribution in [3.8, 4) is 0 Å². The van der Waals surface area contributed by atoms with Crippen LogP contribution in [0.1, 0.15) is 55.3 Å². The molecule has 0 spiro atoms. The fourth-order valence-corrected chi connectivity index (χ4v) is 4.22. The lowest BCUT2D eigenvalue weighted by Gasteiger charge is -2.37. The van der Waals surface area contributed by atoms with Crippen LogP contribution in [0.3, 0.4) is 0 Å². The predicted octanol–water partition coefficient (Wildman–Crippen LogP) is 2.96. The van der Waals surface area contributed by atoms with Crippen molar-refractivity contribution in [2.75, 3.05) is 39.8 Å². The van der Waals surface area contributed by atoms with Gasteiger partial charge in [0.15, 0.2) is 5.76 Å². The maximum atomic E-state index is 12.9. The van der Waals surface area contributed by atoms with Crippen LogP contribution in [-0.4, -0.2) is 61.4 Å². The van der Waals surface area contributed by atoms with Gasteiger partial charge in [-0.3, -0.25) is 9.59 Å². The van der Waals surface area contributed by atoms with Crippen LogP contribution < -0.4 is 5.32 Å². The molecule has 2 aliphatic rings. The average Bonchev–Trinajstić information content (AvgIpc) is 3.21. The average molecular weight is 412 g/mol. The third-order valence-electron chi connectivity index (χ3n) is 6.08. The van der Waals surface area contributed by atoms with Gasteiger partial charge in [0.2, 0.25) is 5.91 Å². The summed E-state index contributed by atoms with van der Waals surface area (Å²) in [4.78, 5) is 29.3. The van der Waals surface area contributed by atoms with Gasteiger partial charge < -0.3 is 19.5 Å². The smallest absolute Gasteiger partial charge is 0.289 e. The zero-order valence-corrected chi connectivity index (χ0v) is 17.9. The molecule has 1 aromatic rings. The van der Waals surface area contributed by atoms with Gasteiger partial charge in [-0.2, -0.15) is 0 Å². The fraction of sp³-hybridized carbons (Fsp3) is 0.714. The maximum Gasteiger partial charge on any atom is 0.289 e. The van der Waals surface area contributed by atoms with E-state index in [0.29, 0.717) is 24.8 Å². The molecule has 158 valence electrons. The number of hydrogen-bond acceptors (Lipinski definition) is 4. The second-order valence-electron chi connectivity index (χ2n) is 7.85. The molecule has 1 aromatic heterocycles. The summed E-state index contributed by atoms with van der Waals surface area (Å²) < 4.78 is 5.58. The third-order valence-corrected chi connectivity index (χ3v) is 6.08. The molecular weight excluding hydrogens is 378 g/mol. The molecule has 0 unspecified atom stereocenters. The first-order valence-corrected chi connectivity index (χ1v) is 10.4. The number of piperidine rings is 2. The second-order valence-corrected chi connectivity index (χ2v) is 7.85. The summed E-state index contributed by atoms with van der Waals surface area (Å²) in [7, 11) is 1.99. The first-order valence-electron chi connectivity index (χ1n) is 10.4. The van der Waals surface area contributed by atoms with Gasteiger partial charge in [-0.05, 0) is 63.7 Å². The molecule has 0 aliphatic carbocycles. The van der Waals surface area contributed by atoms with E-state index in [-0.39, 0.29) is 24.2 Å². The summed E-state index contributed by atoms with van der Waals surface area (Å²) >= 11 is 0. The molecule has 2 amide bonds. The van der Waals surface area contributed by atoms with Gasteiger partial charge in [0.25, 0.3) is 5.91 Å². The molecule has 7 heteroatoms. The Bertz CT molecular complexity index is 633. The van der Waals surface area contributed by atoms with E-state index in [4.69, 9.17) is 4.42 Å². The lowest BCUT2D eigenvalue weighted by atomic mass is 9.90. The monoisotopic (exact) mass is 411 g/mol. The highest BCUT2D eigenvalue weighted by molar-refractivity contribution is 5.91. The largest absolute Gasteiger partial charge is 0.456 e. The van der Waals surface area contributed by atoms with Gasteiger partial charge in [0.1, 0.15) is 5.76 Å². The Kier molecular flexibility index (Phi) is 8.83. The molecule has 0 atom stereocenters. The van der Waals surface area contributed by atoms with E-state index in [2.05, 4.69) is 10.2 Å². The maximum absolute atomic E-state index is 12.9. The van der Waals surface area contributed by atoms with Crippen molar-refractivity contribution >= 4 is 24.2 Å². The molecule has 3 heterocycles. The molecule has 28 heavy (non-hydrogen) atoms. The molecule has 0 bridgehead atoms. The van der Waals surface area contributed by atoms with Crippen LogP contribution in [0.2, 0.25) is 0 Å². The number of nitrogens with zero attached hydrogens (tertiary/aromatic N) is 2. The van der Waals surface area contributed by atoms with Gasteiger partial charge in [-0.1, -0.05) is 6.92 Å². The predicted molar refractivity (Wildman–Crippen MR) is 112 cm³/mol. The van der Waals surface area contributed by atoms with Crippen molar-refractivity contribution in [1.82, 2.24) is 15.1 Å². The van der Waals surface area contributed by atoms with E-state index in [9.17, 15) is 9.59 Å². The SMILES string of the molecule is CCc1ccc(C(=O)N2CCC(C(=O)N3CCC(CCNC)CC3)CC2)o1.Cl. The zero-order valence-electron chi connectivity index (χ0n) is 17.1. The van der Waals surface area contributed by atoms with Gasteiger partial charge >= 0.3 is 0 Å². The summed E-state index contributed by atoms with van der Waals surface area (Å²) in [5, 5.41) is 3.21. The van der Waals surface area contributed by atoms with Crippen LogP contribution >= 0.6 is 12.4 Å². The Morgan fingerprint density at radius 3 is 2.29 bits per heavy atom. The van der Waals surface area contributed by atoms with Crippen molar-refractivity contribution in [1.29, 1.82) is 0 Å². The first kappa shape index (κ1) is 22.8. The molecule has 2 fully saturated rings. The fourth-order valence-electron chi connectivity index (χ4n) is 4.22. The standard InChI is InChI=1S/C21H33N3O3.ClH/c1-3-18-4-5-19(27-18)21(26)24-14-9-17(10-15-24)20(25)23-12-7-16(8-13-23)6-11-22-2;/h4-5,16-17,22H,3,6-15H2,1-2H3;1H. The third kappa shape index (κ3) is 5.51. The molecule has 2 aliphatic heterocycles. The van der Waals surface area contributed by atoms with E-state index >= 15 is 0 Å². The molecule has 2 saturated heterocycles. The van der Waals surface area contributed by atoms with Crippen LogP contribution in [0.5, 0.6) is 0 Å². The van der Waals surface area contributed by atoms with Gasteiger partial charge in [-0.15, -0.1) is 12.4 Å². The molecule has 0 saturated carbocycles. The normalized spacial score (nSPS) is 18.8. The van der Waals surface area contributed by atoms with Gasteiger partial charge in [0.05, 0.1) is 0 Å². The molecule has 0 radical (unpaired) electrons. The number of hydrogen-bond donors (Lipinski definition) is 1. The Morgan fingerprint density at radius 2 is 1.71 bits per heavy atom. The summed E-state index contributed by atoms with van der Waals surface area (Å²) in [6.07, 6.45) is 5.73. The summed E-state index contributed by atoms with van der Waals surface area (Å²) in [6, 6.07) is 3.63. The van der Waals surface area contributed by atoms with Crippen LogP contribution in [0.15, 0.2) is 16.5 Å². The zero-order chi connectivity index (χ0) is 19.2. The molecule has 3 rings (SSSR count). The molecule has 1 N–H and O–H groups in total. The topological polar surface area (TPSA) is 65.8 Å². The number of nitrogens with one attached hydrogen (secondary N) is 1. The minimum Gasteiger partial charge on any atom is -0.456 e. The summed E-state index contributed by atoms with van der Waals surface area (Å²) in [5.41, 5.74) is 0. The number of aryl methyl sites for hydroxylation is 1. The molecule has 6 nitrogen and oxygen atoms in total. The number of furan rings is 1. The van der Waals surface area contributed by atoms with Crippen molar-refractivity contribution in [2.24, 2.45) is 11.8 Å². The van der Waals surface area contributed by atoms with E-state index in [0.717, 1.165) is 63.4 Å². The quantitative estimate of drug-likeness (QED) is 0.781. The Hall–Kier alpha value is -1.53. The highest BCUT2D eigenvalue weighted by atomic mass is 35.5. The van der Waals surface area contributed by atoms with E-state index in [1.807, 2.05) is 24.9 Å². The van der Waals surface area contributed by atoms with Crippen molar-refractivity contribution in [3.05, 3.63) is 23.7 Å². The molecule has 0 aromatic carbocycles. The number of likely N-dealkylation sites (tertiary alicyclic amines) is 2. The Labute approximate surface area is 174 Å². The van der Waals surface area contributed by atoms with Crippen LogP contribution in [0.25, 0.3) is 0 Å². The number of halogens is 1. The van der Waals surface area contributed by atoms with Crippen molar-refractivity contribution in [2.45, 2.75) is 45.4 Å². The van der Waals surface area contributed by atoms with E-state index in [1.54, 1.807) is 6.07 Å². The summed E-state index contributed by atoms with van der Waals surface area (Å²) in [6.45, 7) is 6.11. The highest BCUT2D eigenvalue weighted by Crippen LogP contribution is 2.26. The second kappa shape index (κ2) is 10.9. The van der Waals surface area contributed by atoms with Gasteiger partial charge in [0, 0.05) is 38.5 Å². The van der Waals surface area contributed by atoms with Gasteiger partial charge in [-0.25, -0.2) is 0 Å². The number of carbonyl (C=O) groups is 2. The molecular formula is C21H34ClN3O3. The minimum atomic E-state index is -0.0500. The van der Waals surface area contributed by atoms with E-state index in [1.165, 1.54) is 6.42 Å². The highest BCUT2D eigenvalue weighted by Gasteiger charge is 2.32. The number of carbonyl (C=O) groups excluding carboxylic acids is 2. The van der Waals surface area contributed by atoms with E-state index < -0.39 is 0 Å². The Balaban J connectivity index is 0.00000280. The van der Waals surface area contributed by atoms with Crippen LogP contribution in [-0.2, 0) is 11.2 Å². The van der Waals surface area contributed by atoms with Crippen LogP contribution in [0.4, 0.5) is 0 Å². The lowest BCUT2D eigenvalue weighted by Crippen LogP contribution is -2.46. The van der Waals surface area contributed by atoms with Crippen LogP contribution in [0, 0.1) is 11.8 Å². The van der Waals surface area contributed by atoms with Crippen molar-refractivity contribution < 1.29 is 14.0 Å². The summed E-state index contributed by atoms with van der Waals surface area (Å²) in [5.74, 6) is 2.29. The number of amides is 2. The Morgan fingerprint density at radius 1 is 1.07 bits per heavy atom. The lowest BCUT2D eigenvalue weighted by molar-refractivity contribution is -0.138. The first-order chi connectivity index (χ1) is 13.1. The van der Waals surface area contributed by atoms with Crippen molar-refractivity contribution in [3.63, 3.8) is 0 Å². The number of rotatable bonds is 6.